The Morgan fingerprint density at radius 2 is 1.95 bits per heavy atom. The first-order chi connectivity index (χ1) is 10.3. The summed E-state index contributed by atoms with van der Waals surface area (Å²) in [4.78, 5) is 18.2. The van der Waals surface area contributed by atoms with Gasteiger partial charge in [0.25, 0.3) is 0 Å². The Kier molecular flexibility index (Phi) is 4.19. The predicted molar refractivity (Wildman–Crippen MR) is 87.5 cm³/mol. The maximum atomic E-state index is 4.65. The van der Waals surface area contributed by atoms with Gasteiger partial charge in [-0.2, -0.15) is 0 Å². The quantitative estimate of drug-likeness (QED) is 0.930. The number of hydrogen-bond acceptors (Lipinski definition) is 7. The summed E-state index contributed by atoms with van der Waals surface area (Å²) in [6, 6.07) is 2.03. The molecule has 0 atom stereocenters. The Labute approximate surface area is 128 Å². The molecule has 21 heavy (non-hydrogen) atoms. The fourth-order valence-electron chi connectivity index (χ4n) is 2.43. The van der Waals surface area contributed by atoms with Crippen LogP contribution in [0.2, 0.25) is 0 Å². The first-order valence-electron chi connectivity index (χ1n) is 7.25. The van der Waals surface area contributed by atoms with Crippen molar-refractivity contribution in [3.63, 3.8) is 0 Å². The van der Waals surface area contributed by atoms with Gasteiger partial charge in [-0.15, -0.1) is 11.3 Å². The minimum Gasteiger partial charge on any atom is -0.373 e. The van der Waals surface area contributed by atoms with Gasteiger partial charge < -0.3 is 15.1 Å². The van der Waals surface area contributed by atoms with Crippen molar-refractivity contribution in [1.82, 2.24) is 15.0 Å². The topological polar surface area (TPSA) is 57.2 Å². The highest BCUT2D eigenvalue weighted by Crippen LogP contribution is 2.22. The molecule has 0 radical (unpaired) electrons. The molecule has 3 heterocycles. The molecule has 0 bridgehead atoms. The van der Waals surface area contributed by atoms with Crippen molar-refractivity contribution >= 4 is 28.1 Å². The van der Waals surface area contributed by atoms with Crippen LogP contribution in [0.15, 0.2) is 17.6 Å². The monoisotopic (exact) mass is 304 g/mol. The van der Waals surface area contributed by atoms with E-state index in [4.69, 9.17) is 0 Å². The van der Waals surface area contributed by atoms with Gasteiger partial charge in [0.15, 0.2) is 5.13 Å². The van der Waals surface area contributed by atoms with E-state index in [1.165, 1.54) is 0 Å². The van der Waals surface area contributed by atoms with E-state index in [9.17, 15) is 0 Å². The average molecular weight is 304 g/mol. The zero-order chi connectivity index (χ0) is 14.7. The van der Waals surface area contributed by atoms with Gasteiger partial charge in [-0.3, -0.25) is 0 Å². The van der Waals surface area contributed by atoms with E-state index in [1.807, 2.05) is 24.7 Å². The molecule has 2 aromatic rings. The summed E-state index contributed by atoms with van der Waals surface area (Å²) in [7, 11) is 1.89. The molecule has 1 fully saturated rings. The van der Waals surface area contributed by atoms with Crippen LogP contribution in [0.1, 0.15) is 12.7 Å². The number of aryl methyl sites for hydroxylation is 1. The van der Waals surface area contributed by atoms with Gasteiger partial charge in [0.1, 0.15) is 17.5 Å². The molecular weight excluding hydrogens is 284 g/mol. The molecule has 7 heteroatoms. The number of aromatic nitrogens is 3. The second-order valence-electron chi connectivity index (χ2n) is 4.92. The van der Waals surface area contributed by atoms with Crippen molar-refractivity contribution in [1.29, 1.82) is 0 Å². The Bertz CT molecular complexity index is 555. The van der Waals surface area contributed by atoms with Crippen LogP contribution in [0.5, 0.6) is 0 Å². The summed E-state index contributed by atoms with van der Waals surface area (Å²) in [6.07, 6.45) is 2.71. The molecule has 2 aromatic heterocycles. The number of thiazole rings is 1. The minimum atomic E-state index is 0.849. The van der Waals surface area contributed by atoms with Crippen LogP contribution < -0.4 is 15.1 Å². The molecule has 0 aromatic carbocycles. The first-order valence-corrected chi connectivity index (χ1v) is 8.13. The maximum Gasteiger partial charge on any atom is 0.185 e. The van der Waals surface area contributed by atoms with Crippen molar-refractivity contribution in [3.8, 4) is 0 Å². The summed E-state index contributed by atoms with van der Waals surface area (Å²) >= 11 is 1.70. The molecule has 6 nitrogen and oxygen atoms in total. The normalized spacial score (nSPS) is 15.3. The molecule has 112 valence electrons. The lowest BCUT2D eigenvalue weighted by Gasteiger charge is -2.35. The zero-order valence-corrected chi connectivity index (χ0v) is 13.2. The van der Waals surface area contributed by atoms with E-state index in [0.717, 1.165) is 55.2 Å². The van der Waals surface area contributed by atoms with Gasteiger partial charge >= 0.3 is 0 Å². The summed E-state index contributed by atoms with van der Waals surface area (Å²) < 4.78 is 0. The molecule has 0 amide bonds. The zero-order valence-electron chi connectivity index (χ0n) is 12.4. The molecule has 1 saturated heterocycles. The van der Waals surface area contributed by atoms with Gasteiger partial charge in [0.05, 0.1) is 0 Å². The largest absolute Gasteiger partial charge is 0.373 e. The molecule has 3 rings (SSSR count). The number of piperazine rings is 1. The lowest BCUT2D eigenvalue weighted by molar-refractivity contribution is 0.643. The predicted octanol–water partition coefficient (Wildman–Crippen LogP) is 1.86. The smallest absolute Gasteiger partial charge is 0.185 e. The van der Waals surface area contributed by atoms with Crippen LogP contribution in [0, 0.1) is 0 Å². The van der Waals surface area contributed by atoms with Crippen LogP contribution in [0.4, 0.5) is 16.8 Å². The van der Waals surface area contributed by atoms with E-state index in [0.29, 0.717) is 0 Å². The lowest BCUT2D eigenvalue weighted by Crippen LogP contribution is -2.46. The SMILES string of the molecule is CCc1nc(NC)cc(N2CCN(c3nccs3)CC2)n1. The van der Waals surface area contributed by atoms with Crippen LogP contribution in [-0.4, -0.2) is 48.2 Å². The number of nitrogens with one attached hydrogen (secondary N) is 1. The third-order valence-corrected chi connectivity index (χ3v) is 4.46. The van der Waals surface area contributed by atoms with E-state index < -0.39 is 0 Å². The van der Waals surface area contributed by atoms with Crippen LogP contribution in [-0.2, 0) is 6.42 Å². The van der Waals surface area contributed by atoms with Gasteiger partial charge in [0, 0.05) is 57.3 Å². The third-order valence-electron chi connectivity index (χ3n) is 3.62. The highest BCUT2D eigenvalue weighted by Gasteiger charge is 2.20. The summed E-state index contributed by atoms with van der Waals surface area (Å²) in [5.41, 5.74) is 0. The first kappa shape index (κ1) is 14.1. The standard InChI is InChI=1S/C14H20N6S/c1-3-11-17-12(15-2)10-13(18-11)19-5-7-20(8-6-19)14-16-4-9-21-14/h4,9-10H,3,5-8H2,1-2H3,(H,15,17,18). The Hall–Kier alpha value is -1.89. The Morgan fingerprint density at radius 3 is 2.57 bits per heavy atom. The molecule has 0 spiro atoms. The Morgan fingerprint density at radius 1 is 1.19 bits per heavy atom. The van der Waals surface area contributed by atoms with Crippen LogP contribution in [0.3, 0.4) is 0 Å². The maximum absolute atomic E-state index is 4.65. The number of anilines is 3. The van der Waals surface area contributed by atoms with Crippen molar-refractivity contribution in [2.75, 3.05) is 48.3 Å². The molecule has 0 aliphatic carbocycles. The Balaban J connectivity index is 1.71. The van der Waals surface area contributed by atoms with Crippen molar-refractivity contribution in [2.45, 2.75) is 13.3 Å². The summed E-state index contributed by atoms with van der Waals surface area (Å²) in [6.45, 7) is 5.96. The number of nitrogens with zero attached hydrogens (tertiary/aromatic N) is 5. The van der Waals surface area contributed by atoms with E-state index in [2.05, 4.69) is 37.0 Å². The second-order valence-corrected chi connectivity index (χ2v) is 5.79. The molecule has 0 unspecified atom stereocenters. The van der Waals surface area contributed by atoms with Gasteiger partial charge in [0.2, 0.25) is 0 Å². The van der Waals surface area contributed by atoms with Crippen LogP contribution in [0.25, 0.3) is 0 Å². The highest BCUT2D eigenvalue weighted by molar-refractivity contribution is 7.13. The number of rotatable bonds is 4. The van der Waals surface area contributed by atoms with Crippen molar-refractivity contribution in [2.24, 2.45) is 0 Å². The van der Waals surface area contributed by atoms with Crippen molar-refractivity contribution < 1.29 is 0 Å². The van der Waals surface area contributed by atoms with Gasteiger partial charge in [-0.05, 0) is 0 Å². The lowest BCUT2D eigenvalue weighted by atomic mass is 10.3. The van der Waals surface area contributed by atoms with E-state index in [1.54, 1.807) is 11.3 Å². The van der Waals surface area contributed by atoms with E-state index >= 15 is 0 Å². The van der Waals surface area contributed by atoms with Gasteiger partial charge in [-0.1, -0.05) is 6.92 Å². The second kappa shape index (κ2) is 6.26. The molecule has 1 aliphatic rings. The molecule has 1 aliphatic heterocycles. The van der Waals surface area contributed by atoms with Crippen LogP contribution >= 0.6 is 11.3 Å². The third kappa shape index (κ3) is 3.07. The summed E-state index contributed by atoms with van der Waals surface area (Å²) in [5.74, 6) is 2.79. The van der Waals surface area contributed by atoms with Gasteiger partial charge in [-0.25, -0.2) is 15.0 Å². The molecule has 0 saturated carbocycles. The van der Waals surface area contributed by atoms with Crippen molar-refractivity contribution in [3.05, 3.63) is 23.5 Å². The average Bonchev–Trinajstić information content (AvgIpc) is 3.09. The number of hydrogen-bond donors (Lipinski definition) is 1. The molecular formula is C14H20N6S. The summed E-state index contributed by atoms with van der Waals surface area (Å²) in [5, 5.41) is 6.26. The highest BCUT2D eigenvalue weighted by atomic mass is 32.1. The molecule has 1 N–H and O–H groups in total. The fourth-order valence-corrected chi connectivity index (χ4v) is 3.13. The fraction of sp³-hybridized carbons (Fsp3) is 0.500. The van der Waals surface area contributed by atoms with E-state index in [-0.39, 0.29) is 0 Å². The minimum absolute atomic E-state index is 0.849.